The SMILES string of the molecule is COc1ccc([C@H](N)CCF)c(F)c1. The maximum atomic E-state index is 13.3. The highest BCUT2D eigenvalue weighted by atomic mass is 19.1. The van der Waals surface area contributed by atoms with Crippen molar-refractivity contribution in [2.75, 3.05) is 13.8 Å². The maximum Gasteiger partial charge on any atom is 0.131 e. The van der Waals surface area contributed by atoms with Gasteiger partial charge in [-0.15, -0.1) is 0 Å². The van der Waals surface area contributed by atoms with Crippen LogP contribution in [0.25, 0.3) is 0 Å². The summed E-state index contributed by atoms with van der Waals surface area (Å²) in [5.74, 6) is -0.0241. The van der Waals surface area contributed by atoms with Crippen molar-refractivity contribution in [1.82, 2.24) is 0 Å². The molecule has 0 fully saturated rings. The maximum absolute atomic E-state index is 13.3. The molecule has 0 unspecified atom stereocenters. The van der Waals surface area contributed by atoms with Crippen LogP contribution in [-0.4, -0.2) is 13.8 Å². The van der Waals surface area contributed by atoms with E-state index in [2.05, 4.69) is 0 Å². The highest BCUT2D eigenvalue weighted by Crippen LogP contribution is 2.22. The van der Waals surface area contributed by atoms with Gasteiger partial charge >= 0.3 is 0 Å². The summed E-state index contributed by atoms with van der Waals surface area (Å²) >= 11 is 0. The summed E-state index contributed by atoms with van der Waals surface area (Å²) in [7, 11) is 1.45. The van der Waals surface area contributed by atoms with Crippen LogP contribution in [0.5, 0.6) is 5.75 Å². The Bertz CT molecular complexity index is 304. The minimum atomic E-state index is -0.592. The molecule has 2 nitrogen and oxygen atoms in total. The van der Waals surface area contributed by atoms with Crippen LogP contribution in [0.2, 0.25) is 0 Å². The lowest BCUT2D eigenvalue weighted by Gasteiger charge is -2.11. The first-order valence-corrected chi connectivity index (χ1v) is 4.34. The molecule has 1 rings (SSSR count). The van der Waals surface area contributed by atoms with Gasteiger partial charge < -0.3 is 10.5 Å². The molecule has 0 amide bonds. The van der Waals surface area contributed by atoms with Gasteiger partial charge in [-0.05, 0) is 12.5 Å². The van der Waals surface area contributed by atoms with Gasteiger partial charge in [-0.3, -0.25) is 4.39 Å². The van der Waals surface area contributed by atoms with Crippen molar-refractivity contribution in [2.45, 2.75) is 12.5 Å². The molecule has 14 heavy (non-hydrogen) atoms. The van der Waals surface area contributed by atoms with Crippen LogP contribution < -0.4 is 10.5 Å². The Morgan fingerprint density at radius 2 is 2.21 bits per heavy atom. The van der Waals surface area contributed by atoms with E-state index in [1.807, 2.05) is 0 Å². The molecule has 0 aliphatic carbocycles. The van der Waals surface area contributed by atoms with Crippen LogP contribution in [0.15, 0.2) is 18.2 Å². The summed E-state index contributed by atoms with van der Waals surface area (Å²) in [6, 6.07) is 3.78. The van der Waals surface area contributed by atoms with Crippen molar-refractivity contribution in [1.29, 1.82) is 0 Å². The fraction of sp³-hybridized carbons (Fsp3) is 0.400. The van der Waals surface area contributed by atoms with E-state index in [1.54, 1.807) is 6.07 Å². The molecule has 0 aliphatic rings. The summed E-state index contributed by atoms with van der Waals surface area (Å²) in [5.41, 5.74) is 5.90. The molecule has 2 N–H and O–H groups in total. The van der Waals surface area contributed by atoms with E-state index in [9.17, 15) is 8.78 Å². The van der Waals surface area contributed by atoms with Crippen molar-refractivity contribution < 1.29 is 13.5 Å². The molecule has 0 heterocycles. The molecule has 1 aromatic rings. The molecule has 0 saturated carbocycles. The van der Waals surface area contributed by atoms with Gasteiger partial charge in [0.15, 0.2) is 0 Å². The van der Waals surface area contributed by atoms with Gasteiger partial charge in [0.05, 0.1) is 13.8 Å². The lowest BCUT2D eigenvalue weighted by molar-refractivity contribution is 0.408. The zero-order valence-corrected chi connectivity index (χ0v) is 7.97. The minimum absolute atomic E-state index is 0.128. The summed E-state index contributed by atoms with van der Waals surface area (Å²) in [5, 5.41) is 0. The van der Waals surface area contributed by atoms with Gasteiger partial charge in [0.1, 0.15) is 11.6 Å². The summed E-state index contributed by atoms with van der Waals surface area (Å²) < 4.78 is 30.1. The second-order valence-corrected chi connectivity index (χ2v) is 2.97. The Labute approximate surface area is 81.7 Å². The normalized spacial score (nSPS) is 12.6. The van der Waals surface area contributed by atoms with Gasteiger partial charge in [-0.2, -0.15) is 0 Å². The largest absolute Gasteiger partial charge is 0.497 e. The molecule has 1 aromatic carbocycles. The number of ether oxygens (including phenoxy) is 1. The highest BCUT2D eigenvalue weighted by molar-refractivity contribution is 5.30. The summed E-state index contributed by atoms with van der Waals surface area (Å²) in [6.07, 6.45) is 0.128. The van der Waals surface area contributed by atoms with Gasteiger partial charge in [-0.25, -0.2) is 4.39 Å². The Balaban J connectivity index is 2.88. The lowest BCUT2D eigenvalue weighted by Crippen LogP contribution is -2.12. The topological polar surface area (TPSA) is 35.2 Å². The molecule has 4 heteroatoms. The minimum Gasteiger partial charge on any atom is -0.497 e. The smallest absolute Gasteiger partial charge is 0.131 e. The van der Waals surface area contributed by atoms with Crippen LogP contribution in [-0.2, 0) is 0 Å². The Morgan fingerprint density at radius 1 is 1.50 bits per heavy atom. The van der Waals surface area contributed by atoms with Crippen LogP contribution in [0.1, 0.15) is 18.0 Å². The molecule has 0 bridgehead atoms. The van der Waals surface area contributed by atoms with E-state index in [0.717, 1.165) is 0 Å². The first-order valence-electron chi connectivity index (χ1n) is 4.34. The van der Waals surface area contributed by atoms with Crippen molar-refractivity contribution in [3.8, 4) is 5.75 Å². The average Bonchev–Trinajstić information content (AvgIpc) is 2.17. The number of methoxy groups -OCH3 is 1. The van der Waals surface area contributed by atoms with Crippen molar-refractivity contribution in [3.63, 3.8) is 0 Å². The van der Waals surface area contributed by atoms with Gasteiger partial charge in [-0.1, -0.05) is 6.07 Å². The van der Waals surface area contributed by atoms with Crippen LogP contribution in [0, 0.1) is 5.82 Å². The first kappa shape index (κ1) is 10.9. The number of halogens is 2. The Kier molecular flexibility index (Phi) is 3.83. The number of hydrogen-bond donors (Lipinski definition) is 1. The third kappa shape index (κ3) is 2.42. The molecular formula is C10H13F2NO. The molecular weight excluding hydrogens is 188 g/mol. The van der Waals surface area contributed by atoms with E-state index < -0.39 is 18.5 Å². The van der Waals surface area contributed by atoms with Gasteiger partial charge in [0, 0.05) is 17.7 Å². The fourth-order valence-electron chi connectivity index (χ4n) is 1.21. The molecule has 0 aliphatic heterocycles. The zero-order valence-electron chi connectivity index (χ0n) is 7.97. The van der Waals surface area contributed by atoms with Crippen LogP contribution in [0.4, 0.5) is 8.78 Å². The predicted molar refractivity (Wildman–Crippen MR) is 50.5 cm³/mol. The zero-order chi connectivity index (χ0) is 10.6. The number of benzene rings is 1. The van der Waals surface area contributed by atoms with Crippen molar-refractivity contribution in [3.05, 3.63) is 29.6 Å². The van der Waals surface area contributed by atoms with Crippen molar-refractivity contribution in [2.24, 2.45) is 5.73 Å². The molecule has 0 spiro atoms. The average molecular weight is 201 g/mol. The lowest BCUT2D eigenvalue weighted by atomic mass is 10.0. The second kappa shape index (κ2) is 4.91. The summed E-state index contributed by atoms with van der Waals surface area (Å²) in [6.45, 7) is -0.549. The molecule has 1 atom stereocenters. The number of rotatable bonds is 4. The van der Waals surface area contributed by atoms with E-state index in [4.69, 9.17) is 10.5 Å². The van der Waals surface area contributed by atoms with Gasteiger partial charge in [0.2, 0.25) is 0 Å². The number of hydrogen-bond acceptors (Lipinski definition) is 2. The quantitative estimate of drug-likeness (QED) is 0.810. The van der Waals surface area contributed by atoms with E-state index in [0.29, 0.717) is 11.3 Å². The van der Waals surface area contributed by atoms with E-state index >= 15 is 0 Å². The third-order valence-corrected chi connectivity index (χ3v) is 2.03. The predicted octanol–water partition coefficient (Wildman–Crippen LogP) is 2.19. The molecule has 0 saturated heterocycles. The number of alkyl halides is 1. The van der Waals surface area contributed by atoms with E-state index in [1.165, 1.54) is 19.2 Å². The molecule has 0 radical (unpaired) electrons. The molecule has 0 aromatic heterocycles. The first-order chi connectivity index (χ1) is 6.69. The fourth-order valence-corrected chi connectivity index (χ4v) is 1.21. The molecule has 78 valence electrons. The number of nitrogens with two attached hydrogens (primary N) is 1. The monoisotopic (exact) mass is 201 g/mol. The van der Waals surface area contributed by atoms with Crippen molar-refractivity contribution >= 4 is 0 Å². The Hall–Kier alpha value is -1.16. The summed E-state index contributed by atoms with van der Waals surface area (Å²) in [4.78, 5) is 0. The van der Waals surface area contributed by atoms with E-state index in [-0.39, 0.29) is 6.42 Å². The standard InChI is InChI=1S/C10H13F2NO/c1-14-7-2-3-8(9(12)6-7)10(13)4-5-11/h2-3,6,10H,4-5,13H2,1H3/t10-/m1/s1. The third-order valence-electron chi connectivity index (χ3n) is 2.03. The highest BCUT2D eigenvalue weighted by Gasteiger charge is 2.11. The van der Waals surface area contributed by atoms with Gasteiger partial charge in [0.25, 0.3) is 0 Å². The Morgan fingerprint density at radius 3 is 2.71 bits per heavy atom. The van der Waals surface area contributed by atoms with Crippen LogP contribution in [0.3, 0.4) is 0 Å². The van der Waals surface area contributed by atoms with Crippen LogP contribution >= 0.6 is 0 Å². The second-order valence-electron chi connectivity index (χ2n) is 2.97.